The van der Waals surface area contributed by atoms with Gasteiger partial charge in [0.2, 0.25) is 0 Å². The van der Waals surface area contributed by atoms with Crippen molar-refractivity contribution in [3.63, 3.8) is 0 Å². The van der Waals surface area contributed by atoms with Crippen LogP contribution in [0.1, 0.15) is 70.6 Å². The Morgan fingerprint density at radius 1 is 1.14 bits per heavy atom. The SMILES string of the molecule is CC(C)c1ccc([C@@H]2OC(C)(C)[C@H]3C[C@H]2[C@H](C)[C@@H](O)C3)cc1. The topological polar surface area (TPSA) is 29.5 Å². The summed E-state index contributed by atoms with van der Waals surface area (Å²) in [6.07, 6.45) is 1.97. The van der Waals surface area contributed by atoms with E-state index in [1.54, 1.807) is 0 Å². The molecular weight excluding hydrogens is 272 g/mol. The Hall–Kier alpha value is -0.860. The number of hydrogen-bond acceptors (Lipinski definition) is 2. The number of aliphatic hydroxyl groups excluding tert-OH is 1. The van der Waals surface area contributed by atoms with E-state index in [4.69, 9.17) is 4.74 Å². The number of ether oxygens (including phenoxy) is 1. The van der Waals surface area contributed by atoms with E-state index in [2.05, 4.69) is 58.9 Å². The fourth-order valence-electron chi connectivity index (χ4n) is 4.29. The third kappa shape index (κ3) is 2.72. The molecule has 1 aromatic rings. The van der Waals surface area contributed by atoms with Gasteiger partial charge in [-0.15, -0.1) is 0 Å². The van der Waals surface area contributed by atoms with Gasteiger partial charge >= 0.3 is 0 Å². The van der Waals surface area contributed by atoms with Gasteiger partial charge in [0.25, 0.3) is 0 Å². The molecule has 0 radical (unpaired) electrons. The van der Waals surface area contributed by atoms with Gasteiger partial charge in [-0.25, -0.2) is 0 Å². The highest BCUT2D eigenvalue weighted by atomic mass is 16.5. The maximum atomic E-state index is 10.4. The van der Waals surface area contributed by atoms with Crippen LogP contribution in [-0.4, -0.2) is 16.8 Å². The summed E-state index contributed by atoms with van der Waals surface area (Å²) in [5.41, 5.74) is 2.48. The molecule has 1 aliphatic carbocycles. The van der Waals surface area contributed by atoms with Crippen LogP contribution in [0, 0.1) is 17.8 Å². The van der Waals surface area contributed by atoms with E-state index in [0.29, 0.717) is 23.7 Å². The molecule has 1 aliphatic heterocycles. The number of aliphatic hydroxyl groups is 1. The Morgan fingerprint density at radius 3 is 2.36 bits per heavy atom. The van der Waals surface area contributed by atoms with Crippen LogP contribution in [0.3, 0.4) is 0 Å². The van der Waals surface area contributed by atoms with Crippen molar-refractivity contribution in [3.8, 4) is 0 Å². The Labute approximate surface area is 134 Å². The quantitative estimate of drug-likeness (QED) is 0.859. The highest BCUT2D eigenvalue weighted by Crippen LogP contribution is 2.53. The largest absolute Gasteiger partial charge is 0.393 e. The molecule has 2 fully saturated rings. The van der Waals surface area contributed by atoms with Crippen LogP contribution in [0.15, 0.2) is 24.3 Å². The molecule has 22 heavy (non-hydrogen) atoms. The van der Waals surface area contributed by atoms with Gasteiger partial charge in [-0.1, -0.05) is 45.0 Å². The van der Waals surface area contributed by atoms with Gasteiger partial charge < -0.3 is 9.84 Å². The average Bonchev–Trinajstić information content (AvgIpc) is 2.47. The molecule has 3 rings (SSSR count). The number of hydrogen-bond donors (Lipinski definition) is 1. The Kier molecular flexibility index (Phi) is 4.11. The maximum absolute atomic E-state index is 10.4. The Bertz CT molecular complexity index is 517. The molecule has 2 aliphatic rings. The van der Waals surface area contributed by atoms with E-state index < -0.39 is 0 Å². The number of fused-ring (bicyclic) bond motifs is 2. The van der Waals surface area contributed by atoms with Crippen LogP contribution in [-0.2, 0) is 4.74 Å². The second kappa shape index (κ2) is 5.65. The Balaban J connectivity index is 1.91. The van der Waals surface area contributed by atoms with Crippen molar-refractivity contribution < 1.29 is 9.84 Å². The van der Waals surface area contributed by atoms with Crippen LogP contribution in [0.25, 0.3) is 0 Å². The van der Waals surface area contributed by atoms with E-state index in [1.165, 1.54) is 17.5 Å². The molecule has 0 amide bonds. The van der Waals surface area contributed by atoms with E-state index in [9.17, 15) is 5.11 Å². The summed E-state index contributed by atoms with van der Waals surface area (Å²) in [4.78, 5) is 0. The number of rotatable bonds is 2. The van der Waals surface area contributed by atoms with Gasteiger partial charge in [-0.05, 0) is 61.5 Å². The van der Waals surface area contributed by atoms with Gasteiger partial charge in [-0.3, -0.25) is 0 Å². The minimum atomic E-state index is -0.190. The highest BCUT2D eigenvalue weighted by molar-refractivity contribution is 5.27. The molecule has 2 nitrogen and oxygen atoms in total. The average molecular weight is 302 g/mol. The minimum Gasteiger partial charge on any atom is -0.393 e. The second-order valence-corrected chi connectivity index (χ2v) is 8.22. The fourth-order valence-corrected chi connectivity index (χ4v) is 4.29. The van der Waals surface area contributed by atoms with Gasteiger partial charge in [0.15, 0.2) is 0 Å². The standard InChI is InChI=1S/C20H30O2/c1-12(2)14-6-8-15(9-7-14)19-17-10-16(20(4,5)22-19)11-18(21)13(17)3/h6-9,12-13,16-19,21H,10-11H2,1-5H3/t13-,16-,17-,18-,19-/m0/s1. The lowest BCUT2D eigenvalue weighted by atomic mass is 9.63. The first-order valence-corrected chi connectivity index (χ1v) is 8.75. The predicted octanol–water partition coefficient (Wildman–Crippen LogP) is 4.68. The van der Waals surface area contributed by atoms with Crippen LogP contribution in [0.5, 0.6) is 0 Å². The van der Waals surface area contributed by atoms with Gasteiger partial charge in [0.1, 0.15) is 0 Å². The molecule has 0 unspecified atom stereocenters. The van der Waals surface area contributed by atoms with E-state index in [1.807, 2.05) is 0 Å². The molecule has 2 heteroatoms. The van der Waals surface area contributed by atoms with Crippen LogP contribution in [0.4, 0.5) is 0 Å². The van der Waals surface area contributed by atoms with Crippen molar-refractivity contribution in [2.45, 2.75) is 71.2 Å². The highest BCUT2D eigenvalue weighted by Gasteiger charge is 2.50. The summed E-state index contributed by atoms with van der Waals surface area (Å²) >= 11 is 0. The summed E-state index contributed by atoms with van der Waals surface area (Å²) in [5.74, 6) is 1.75. The molecule has 2 bridgehead atoms. The third-order valence-corrected chi connectivity index (χ3v) is 6.10. The smallest absolute Gasteiger partial charge is 0.0864 e. The van der Waals surface area contributed by atoms with Gasteiger partial charge in [0.05, 0.1) is 17.8 Å². The first-order chi connectivity index (χ1) is 10.3. The third-order valence-electron chi connectivity index (χ3n) is 6.10. The first kappa shape index (κ1) is 16.0. The Morgan fingerprint density at radius 2 is 1.77 bits per heavy atom. The summed E-state index contributed by atoms with van der Waals surface area (Å²) in [6.45, 7) is 11.0. The van der Waals surface area contributed by atoms with Crippen molar-refractivity contribution in [1.82, 2.24) is 0 Å². The normalized spacial score (nSPS) is 37.3. The van der Waals surface area contributed by atoms with Gasteiger partial charge in [-0.2, -0.15) is 0 Å². The second-order valence-electron chi connectivity index (χ2n) is 8.22. The lowest BCUT2D eigenvalue weighted by Gasteiger charge is -2.53. The lowest BCUT2D eigenvalue weighted by molar-refractivity contribution is -0.215. The zero-order valence-electron chi connectivity index (χ0n) is 14.5. The molecule has 0 spiro atoms. The maximum Gasteiger partial charge on any atom is 0.0864 e. The first-order valence-electron chi connectivity index (χ1n) is 8.75. The van der Waals surface area contributed by atoms with Crippen molar-refractivity contribution >= 4 is 0 Å². The monoisotopic (exact) mass is 302 g/mol. The van der Waals surface area contributed by atoms with E-state index in [-0.39, 0.29) is 17.8 Å². The van der Waals surface area contributed by atoms with Crippen molar-refractivity contribution in [2.24, 2.45) is 17.8 Å². The molecule has 1 saturated heterocycles. The number of benzene rings is 1. The zero-order chi connectivity index (χ0) is 16.1. The van der Waals surface area contributed by atoms with Crippen LogP contribution < -0.4 is 0 Å². The predicted molar refractivity (Wildman–Crippen MR) is 89.8 cm³/mol. The van der Waals surface area contributed by atoms with Crippen molar-refractivity contribution in [3.05, 3.63) is 35.4 Å². The van der Waals surface area contributed by atoms with Crippen molar-refractivity contribution in [2.75, 3.05) is 0 Å². The molecule has 1 N–H and O–H groups in total. The summed E-state index contributed by atoms with van der Waals surface area (Å²) < 4.78 is 6.53. The lowest BCUT2D eigenvalue weighted by Crippen LogP contribution is -2.52. The van der Waals surface area contributed by atoms with Crippen molar-refractivity contribution in [1.29, 1.82) is 0 Å². The van der Waals surface area contributed by atoms with E-state index in [0.717, 1.165) is 6.42 Å². The molecule has 1 saturated carbocycles. The minimum absolute atomic E-state index is 0.109. The summed E-state index contributed by atoms with van der Waals surface area (Å²) in [6, 6.07) is 8.91. The molecular formula is C20H30O2. The van der Waals surface area contributed by atoms with Gasteiger partial charge in [0, 0.05) is 0 Å². The summed E-state index contributed by atoms with van der Waals surface area (Å²) in [5, 5.41) is 10.4. The molecule has 5 atom stereocenters. The molecule has 0 aromatic heterocycles. The fraction of sp³-hybridized carbons (Fsp3) is 0.700. The molecule has 1 heterocycles. The summed E-state index contributed by atoms with van der Waals surface area (Å²) in [7, 11) is 0. The van der Waals surface area contributed by atoms with E-state index >= 15 is 0 Å². The van der Waals surface area contributed by atoms with Crippen LogP contribution in [0.2, 0.25) is 0 Å². The molecule has 122 valence electrons. The van der Waals surface area contributed by atoms with Crippen LogP contribution >= 0.6 is 0 Å². The zero-order valence-corrected chi connectivity index (χ0v) is 14.5. The molecule has 1 aromatic carbocycles.